The van der Waals surface area contributed by atoms with E-state index in [-0.39, 0.29) is 0 Å². The van der Waals surface area contributed by atoms with Crippen molar-refractivity contribution in [2.24, 2.45) is 5.92 Å². The van der Waals surface area contributed by atoms with Gasteiger partial charge in [0.25, 0.3) is 0 Å². The zero-order valence-electron chi connectivity index (χ0n) is 12.4. The Hall–Kier alpha value is -0.650. The van der Waals surface area contributed by atoms with Crippen molar-refractivity contribution in [1.29, 1.82) is 0 Å². The molecule has 2 heterocycles. The second kappa shape index (κ2) is 7.22. The molecule has 1 saturated heterocycles. The monoisotopic (exact) mass is 282 g/mol. The molecule has 5 heteroatoms. The third kappa shape index (κ3) is 4.44. The predicted molar refractivity (Wildman–Crippen MR) is 83.0 cm³/mol. The van der Waals surface area contributed by atoms with E-state index < -0.39 is 0 Å². The lowest BCUT2D eigenvalue weighted by molar-refractivity contribution is 0.231. The molecule has 1 aliphatic heterocycles. The van der Waals surface area contributed by atoms with Crippen molar-refractivity contribution in [3.8, 4) is 0 Å². The molecule has 0 spiro atoms. The van der Waals surface area contributed by atoms with Gasteiger partial charge in [0.2, 0.25) is 0 Å². The number of nitrogens with one attached hydrogen (secondary N) is 1. The zero-order chi connectivity index (χ0) is 13.7. The Morgan fingerprint density at radius 1 is 1.32 bits per heavy atom. The molecular formula is C14H26N4S. The van der Waals surface area contributed by atoms with Crippen LogP contribution in [0.4, 0.5) is 5.13 Å². The van der Waals surface area contributed by atoms with E-state index in [0.29, 0.717) is 0 Å². The first-order valence-electron chi connectivity index (χ1n) is 7.31. The molecule has 0 amide bonds. The van der Waals surface area contributed by atoms with Crippen LogP contribution in [-0.2, 0) is 6.54 Å². The van der Waals surface area contributed by atoms with Gasteiger partial charge in [-0.1, -0.05) is 20.8 Å². The van der Waals surface area contributed by atoms with Crippen LogP contribution in [0.2, 0.25) is 0 Å². The number of hydrogen-bond donors (Lipinski definition) is 1. The molecule has 1 N–H and O–H groups in total. The fourth-order valence-electron chi connectivity index (χ4n) is 2.41. The summed E-state index contributed by atoms with van der Waals surface area (Å²) in [7, 11) is 0. The van der Waals surface area contributed by atoms with Gasteiger partial charge in [-0.2, -0.15) is 0 Å². The van der Waals surface area contributed by atoms with Crippen molar-refractivity contribution >= 4 is 16.5 Å². The number of thiazole rings is 1. The highest BCUT2D eigenvalue weighted by Crippen LogP contribution is 2.22. The summed E-state index contributed by atoms with van der Waals surface area (Å²) < 4.78 is 0. The molecule has 0 radical (unpaired) electrons. The van der Waals surface area contributed by atoms with E-state index in [1.807, 2.05) is 0 Å². The van der Waals surface area contributed by atoms with Crippen LogP contribution in [0.15, 0.2) is 5.38 Å². The van der Waals surface area contributed by atoms with E-state index in [2.05, 4.69) is 41.3 Å². The summed E-state index contributed by atoms with van der Waals surface area (Å²) in [6.45, 7) is 14.4. The molecule has 19 heavy (non-hydrogen) atoms. The van der Waals surface area contributed by atoms with Gasteiger partial charge in [-0.15, -0.1) is 11.3 Å². The van der Waals surface area contributed by atoms with Crippen molar-refractivity contribution in [2.75, 3.05) is 44.2 Å². The second-order valence-corrected chi connectivity index (χ2v) is 6.42. The Morgan fingerprint density at radius 2 is 2.05 bits per heavy atom. The molecule has 0 bridgehead atoms. The summed E-state index contributed by atoms with van der Waals surface area (Å²) in [4.78, 5) is 9.71. The minimum absolute atomic E-state index is 0.762. The van der Waals surface area contributed by atoms with Crippen LogP contribution in [0.25, 0.3) is 0 Å². The average molecular weight is 282 g/mol. The molecule has 0 atom stereocenters. The highest BCUT2D eigenvalue weighted by atomic mass is 32.1. The molecule has 2 rings (SSSR count). The van der Waals surface area contributed by atoms with Crippen LogP contribution in [0.1, 0.15) is 26.5 Å². The van der Waals surface area contributed by atoms with Crippen LogP contribution in [0.3, 0.4) is 0 Å². The van der Waals surface area contributed by atoms with Crippen molar-refractivity contribution in [2.45, 2.75) is 27.3 Å². The Kier molecular flexibility index (Phi) is 5.60. The summed E-state index contributed by atoms with van der Waals surface area (Å²) in [5.41, 5.74) is 1.17. The lowest BCUT2D eigenvalue weighted by Crippen LogP contribution is -2.47. The lowest BCUT2D eigenvalue weighted by Gasteiger charge is -2.35. The predicted octanol–water partition coefficient (Wildman–Crippen LogP) is 2.03. The molecule has 1 fully saturated rings. The molecule has 0 aliphatic carbocycles. The molecule has 4 nitrogen and oxygen atoms in total. The standard InChI is InChI=1S/C14H26N4S/c1-4-15-9-13-11-19-14(16-13)18-7-5-17(6-8-18)10-12(2)3/h11-12,15H,4-10H2,1-3H3. The number of aromatic nitrogens is 1. The molecule has 0 unspecified atom stereocenters. The third-order valence-corrected chi connectivity index (χ3v) is 4.31. The molecule has 1 aromatic heterocycles. The second-order valence-electron chi connectivity index (χ2n) is 5.58. The molecule has 0 saturated carbocycles. The zero-order valence-corrected chi connectivity index (χ0v) is 13.2. The Balaban J connectivity index is 1.82. The van der Waals surface area contributed by atoms with Crippen LogP contribution >= 0.6 is 11.3 Å². The van der Waals surface area contributed by atoms with Crippen LogP contribution in [0, 0.1) is 5.92 Å². The number of rotatable bonds is 6. The van der Waals surface area contributed by atoms with E-state index in [4.69, 9.17) is 4.98 Å². The molecule has 0 aromatic carbocycles. The number of nitrogens with zero attached hydrogens (tertiary/aromatic N) is 3. The van der Waals surface area contributed by atoms with Gasteiger partial charge in [-0.25, -0.2) is 4.98 Å². The van der Waals surface area contributed by atoms with E-state index in [1.165, 1.54) is 30.5 Å². The van der Waals surface area contributed by atoms with Gasteiger partial charge in [0, 0.05) is 44.6 Å². The minimum atomic E-state index is 0.762. The van der Waals surface area contributed by atoms with Gasteiger partial charge >= 0.3 is 0 Å². The first kappa shape index (κ1) is 14.8. The average Bonchev–Trinajstić information content (AvgIpc) is 2.85. The smallest absolute Gasteiger partial charge is 0.185 e. The number of hydrogen-bond acceptors (Lipinski definition) is 5. The van der Waals surface area contributed by atoms with Gasteiger partial charge in [-0.3, -0.25) is 4.90 Å². The number of piperazine rings is 1. The summed E-state index contributed by atoms with van der Waals surface area (Å²) in [5.74, 6) is 0.762. The van der Waals surface area contributed by atoms with E-state index in [9.17, 15) is 0 Å². The summed E-state index contributed by atoms with van der Waals surface area (Å²) >= 11 is 1.78. The first-order valence-corrected chi connectivity index (χ1v) is 8.19. The summed E-state index contributed by atoms with van der Waals surface area (Å²) in [6, 6.07) is 0. The SMILES string of the molecule is CCNCc1csc(N2CCN(CC(C)C)CC2)n1. The fourth-order valence-corrected chi connectivity index (χ4v) is 3.29. The lowest BCUT2D eigenvalue weighted by atomic mass is 10.2. The molecule has 1 aliphatic rings. The molecule has 1 aromatic rings. The van der Waals surface area contributed by atoms with Gasteiger partial charge in [-0.05, 0) is 12.5 Å². The van der Waals surface area contributed by atoms with Gasteiger partial charge in [0.05, 0.1) is 5.69 Å². The number of anilines is 1. The highest BCUT2D eigenvalue weighted by Gasteiger charge is 2.19. The Morgan fingerprint density at radius 3 is 2.68 bits per heavy atom. The quantitative estimate of drug-likeness (QED) is 0.865. The maximum absolute atomic E-state index is 4.72. The van der Waals surface area contributed by atoms with Gasteiger partial charge < -0.3 is 10.2 Å². The third-order valence-electron chi connectivity index (χ3n) is 3.36. The Labute approximate surface area is 120 Å². The van der Waals surface area contributed by atoms with E-state index in [0.717, 1.165) is 32.1 Å². The van der Waals surface area contributed by atoms with Crippen LogP contribution in [-0.4, -0.2) is 49.2 Å². The van der Waals surface area contributed by atoms with E-state index >= 15 is 0 Å². The summed E-state index contributed by atoms with van der Waals surface area (Å²) in [6.07, 6.45) is 0. The van der Waals surface area contributed by atoms with Crippen molar-refractivity contribution in [3.05, 3.63) is 11.1 Å². The first-order chi connectivity index (χ1) is 9.19. The van der Waals surface area contributed by atoms with Crippen LogP contribution in [0.5, 0.6) is 0 Å². The topological polar surface area (TPSA) is 31.4 Å². The van der Waals surface area contributed by atoms with Crippen LogP contribution < -0.4 is 10.2 Å². The minimum Gasteiger partial charge on any atom is -0.346 e. The molecule has 108 valence electrons. The van der Waals surface area contributed by atoms with Gasteiger partial charge in [0.15, 0.2) is 5.13 Å². The van der Waals surface area contributed by atoms with Crippen molar-refractivity contribution in [1.82, 2.24) is 15.2 Å². The van der Waals surface area contributed by atoms with Crippen molar-refractivity contribution < 1.29 is 0 Å². The maximum atomic E-state index is 4.72. The largest absolute Gasteiger partial charge is 0.346 e. The summed E-state index contributed by atoms with van der Waals surface area (Å²) in [5, 5.41) is 6.70. The highest BCUT2D eigenvalue weighted by molar-refractivity contribution is 7.13. The van der Waals surface area contributed by atoms with E-state index in [1.54, 1.807) is 11.3 Å². The normalized spacial score (nSPS) is 17.4. The van der Waals surface area contributed by atoms with Crippen molar-refractivity contribution in [3.63, 3.8) is 0 Å². The fraction of sp³-hybridized carbons (Fsp3) is 0.786. The molecular weight excluding hydrogens is 256 g/mol. The Bertz CT molecular complexity index is 369. The van der Waals surface area contributed by atoms with Gasteiger partial charge in [0.1, 0.15) is 0 Å². The maximum Gasteiger partial charge on any atom is 0.185 e.